The zero-order valence-corrected chi connectivity index (χ0v) is 16.7. The van der Waals surface area contributed by atoms with E-state index in [9.17, 15) is 18.0 Å². The third kappa shape index (κ3) is 3.40. The molecule has 0 saturated heterocycles. The van der Waals surface area contributed by atoms with Crippen molar-refractivity contribution >= 4 is 46.4 Å². The minimum atomic E-state index is -4.45. The quantitative estimate of drug-likeness (QED) is 0.514. The van der Waals surface area contributed by atoms with Gasteiger partial charge < -0.3 is 0 Å². The predicted molar refractivity (Wildman–Crippen MR) is 103 cm³/mol. The zero-order valence-electron chi connectivity index (χ0n) is 14.3. The summed E-state index contributed by atoms with van der Waals surface area (Å²) in [7, 11) is 0. The molecule has 0 spiro atoms. The summed E-state index contributed by atoms with van der Waals surface area (Å²) in [4.78, 5) is 18.7. The van der Waals surface area contributed by atoms with E-state index in [-0.39, 0.29) is 11.4 Å². The third-order valence-electron chi connectivity index (χ3n) is 4.05. The highest BCUT2D eigenvalue weighted by Crippen LogP contribution is 2.42. The number of anilines is 1. The highest BCUT2D eigenvalue weighted by atomic mass is 35.5. The van der Waals surface area contributed by atoms with Crippen LogP contribution in [0.4, 0.5) is 19.0 Å². The molecule has 4 rings (SSSR count). The number of pyridine rings is 1. The number of halogens is 4. The molecule has 3 aromatic heterocycles. The average molecular weight is 445 g/mol. The van der Waals surface area contributed by atoms with E-state index in [1.807, 2.05) is 13.0 Å². The first-order valence-corrected chi connectivity index (χ1v) is 10.3. The van der Waals surface area contributed by atoms with Gasteiger partial charge in [-0.25, -0.2) is 9.67 Å². The second kappa shape index (κ2) is 7.09. The van der Waals surface area contributed by atoms with E-state index >= 15 is 0 Å². The van der Waals surface area contributed by atoms with Gasteiger partial charge in [-0.05, 0) is 29.5 Å². The molecule has 0 aromatic carbocycles. The molecule has 4 heterocycles. The van der Waals surface area contributed by atoms with Crippen molar-refractivity contribution in [1.82, 2.24) is 14.8 Å². The molecule has 1 aliphatic rings. The molecular formula is C17H12ClF3N4OS2. The molecule has 1 amide bonds. The Kier molecular flexibility index (Phi) is 4.88. The lowest BCUT2D eigenvalue weighted by molar-refractivity contribution is -0.134. The number of hydrogen-bond acceptors (Lipinski definition) is 5. The van der Waals surface area contributed by atoms with E-state index in [4.69, 9.17) is 11.6 Å². The lowest BCUT2D eigenvalue weighted by Gasteiger charge is -2.19. The fourth-order valence-corrected chi connectivity index (χ4v) is 4.80. The van der Waals surface area contributed by atoms with E-state index in [0.29, 0.717) is 33.6 Å². The molecule has 0 radical (unpaired) electrons. The third-order valence-corrected chi connectivity index (χ3v) is 6.36. The molecule has 11 heteroatoms. The lowest BCUT2D eigenvalue weighted by Crippen LogP contribution is -2.25. The number of rotatable bonds is 4. The van der Waals surface area contributed by atoms with Gasteiger partial charge in [-0.3, -0.25) is 9.69 Å². The van der Waals surface area contributed by atoms with E-state index in [2.05, 4.69) is 10.1 Å². The van der Waals surface area contributed by atoms with Crippen LogP contribution in [0.2, 0.25) is 5.15 Å². The average Bonchev–Trinajstić information content (AvgIpc) is 3.31. The Bertz CT molecular complexity index is 1060. The number of thioether (sulfide) groups is 1. The van der Waals surface area contributed by atoms with Gasteiger partial charge >= 0.3 is 6.18 Å². The minimum Gasteiger partial charge on any atom is -0.286 e. The zero-order chi connectivity index (χ0) is 20.1. The summed E-state index contributed by atoms with van der Waals surface area (Å²) in [6.45, 7) is 2.03. The van der Waals surface area contributed by atoms with Gasteiger partial charge in [0.25, 0.3) is 5.91 Å². The Hall–Kier alpha value is -2.04. The number of thiophene rings is 1. The number of alkyl halides is 3. The second-order valence-corrected chi connectivity index (χ2v) is 8.63. The molecular weight excluding hydrogens is 433 g/mol. The summed E-state index contributed by atoms with van der Waals surface area (Å²) in [5.74, 6) is 0.701. The van der Waals surface area contributed by atoms with Gasteiger partial charge in [0, 0.05) is 6.20 Å². The Morgan fingerprint density at radius 3 is 2.75 bits per heavy atom. The second-order valence-electron chi connectivity index (χ2n) is 5.89. The van der Waals surface area contributed by atoms with Gasteiger partial charge in [-0.2, -0.15) is 18.3 Å². The van der Waals surface area contributed by atoms with Crippen LogP contribution >= 0.6 is 34.7 Å². The van der Waals surface area contributed by atoms with Gasteiger partial charge in [0.1, 0.15) is 10.7 Å². The van der Waals surface area contributed by atoms with Gasteiger partial charge in [-0.15, -0.1) is 23.1 Å². The van der Waals surface area contributed by atoms with E-state index in [0.717, 1.165) is 16.7 Å². The Morgan fingerprint density at radius 1 is 1.36 bits per heavy atom. The Labute approximate surface area is 171 Å². The predicted octanol–water partition coefficient (Wildman–Crippen LogP) is 5.27. The molecule has 1 aliphatic heterocycles. The SMILES string of the molecule is CCSc1cc(-n2ccc(Cl)n2)cnc1N1Cc2cc(C(F)(F)F)sc2C1=O. The molecule has 0 N–H and O–H groups in total. The van der Waals surface area contributed by atoms with Crippen LogP contribution in [0, 0.1) is 0 Å². The van der Waals surface area contributed by atoms with Crippen LogP contribution in [-0.4, -0.2) is 26.4 Å². The Balaban J connectivity index is 1.68. The van der Waals surface area contributed by atoms with Gasteiger partial charge in [0.15, 0.2) is 5.15 Å². The Morgan fingerprint density at radius 2 is 2.14 bits per heavy atom. The molecule has 0 unspecified atom stereocenters. The highest BCUT2D eigenvalue weighted by Gasteiger charge is 2.39. The topological polar surface area (TPSA) is 51.0 Å². The summed E-state index contributed by atoms with van der Waals surface area (Å²) in [6, 6.07) is 4.52. The fourth-order valence-electron chi connectivity index (χ4n) is 2.86. The monoisotopic (exact) mass is 444 g/mol. The standard InChI is InChI=1S/C17H12ClF3N4OS2/c1-2-27-11-6-10(25-4-3-13(18)23-25)7-22-15(11)24-8-9-5-12(17(19,20)21)28-14(9)16(24)26/h3-7H,2,8H2,1H3. The number of nitrogens with zero attached hydrogens (tertiary/aromatic N) is 4. The molecule has 0 bridgehead atoms. The first kappa shape index (κ1) is 19.3. The number of fused-ring (bicyclic) bond motifs is 1. The van der Waals surface area contributed by atoms with E-state index in [1.54, 1.807) is 23.1 Å². The van der Waals surface area contributed by atoms with Crippen molar-refractivity contribution in [1.29, 1.82) is 0 Å². The largest absolute Gasteiger partial charge is 0.425 e. The first-order valence-electron chi connectivity index (χ1n) is 8.14. The molecule has 0 fully saturated rings. The van der Waals surface area contributed by atoms with Gasteiger partial charge in [0.05, 0.1) is 28.2 Å². The van der Waals surface area contributed by atoms with Crippen molar-refractivity contribution in [2.24, 2.45) is 0 Å². The van der Waals surface area contributed by atoms with Crippen molar-refractivity contribution in [3.05, 3.63) is 51.1 Å². The van der Waals surface area contributed by atoms with Crippen LogP contribution in [-0.2, 0) is 12.7 Å². The summed E-state index contributed by atoms with van der Waals surface area (Å²) in [6.07, 6.45) is -1.20. The molecule has 0 saturated carbocycles. The van der Waals surface area contributed by atoms with Crippen molar-refractivity contribution < 1.29 is 18.0 Å². The number of hydrogen-bond donors (Lipinski definition) is 0. The van der Waals surface area contributed by atoms with Crippen molar-refractivity contribution in [2.45, 2.75) is 24.5 Å². The summed E-state index contributed by atoms with van der Waals surface area (Å²) in [5.41, 5.74) is 1.05. The van der Waals surface area contributed by atoms with Crippen LogP contribution in [0.1, 0.15) is 27.0 Å². The molecule has 146 valence electrons. The maximum Gasteiger partial charge on any atom is 0.425 e. The van der Waals surface area contributed by atoms with Crippen molar-refractivity contribution in [2.75, 3.05) is 10.7 Å². The minimum absolute atomic E-state index is 0.0674. The summed E-state index contributed by atoms with van der Waals surface area (Å²) >= 11 is 7.83. The summed E-state index contributed by atoms with van der Waals surface area (Å²) in [5, 5.41) is 4.47. The van der Waals surface area contributed by atoms with Crippen molar-refractivity contribution in [3.8, 4) is 5.69 Å². The van der Waals surface area contributed by atoms with Crippen molar-refractivity contribution in [3.63, 3.8) is 0 Å². The summed E-state index contributed by atoms with van der Waals surface area (Å²) < 4.78 is 40.3. The molecule has 3 aromatic rings. The highest BCUT2D eigenvalue weighted by molar-refractivity contribution is 7.99. The smallest absolute Gasteiger partial charge is 0.286 e. The fraction of sp³-hybridized carbons (Fsp3) is 0.235. The van der Waals surface area contributed by atoms with Crippen LogP contribution in [0.5, 0.6) is 0 Å². The number of aromatic nitrogens is 3. The number of amides is 1. The first-order chi connectivity index (χ1) is 13.3. The molecule has 28 heavy (non-hydrogen) atoms. The van der Waals surface area contributed by atoms with Crippen LogP contribution in [0.15, 0.2) is 35.5 Å². The number of carbonyl (C=O) groups excluding carboxylic acids is 1. The maximum absolute atomic E-state index is 12.9. The van der Waals surface area contributed by atoms with Crippen LogP contribution in [0.3, 0.4) is 0 Å². The van der Waals surface area contributed by atoms with Gasteiger partial charge in [0.2, 0.25) is 0 Å². The molecule has 0 aliphatic carbocycles. The molecule has 0 atom stereocenters. The lowest BCUT2D eigenvalue weighted by atomic mass is 10.3. The van der Waals surface area contributed by atoms with Gasteiger partial charge in [-0.1, -0.05) is 18.5 Å². The van der Waals surface area contributed by atoms with Crippen LogP contribution in [0.25, 0.3) is 5.69 Å². The van der Waals surface area contributed by atoms with E-state index in [1.165, 1.54) is 16.7 Å². The molecule has 5 nitrogen and oxygen atoms in total. The normalized spacial score (nSPS) is 14.0. The van der Waals surface area contributed by atoms with E-state index < -0.39 is 17.0 Å². The maximum atomic E-state index is 12.9. The number of carbonyl (C=O) groups is 1. The van der Waals surface area contributed by atoms with Crippen LogP contribution < -0.4 is 4.90 Å².